The van der Waals surface area contributed by atoms with E-state index in [0.717, 1.165) is 5.56 Å². The zero-order valence-electron chi connectivity index (χ0n) is 20.5. The summed E-state index contributed by atoms with van der Waals surface area (Å²) in [7, 11) is 3.11. The Morgan fingerprint density at radius 3 is 2.46 bits per heavy atom. The number of nitrogens with one attached hydrogen (secondary N) is 1. The number of carbonyl (C=O) groups is 1. The summed E-state index contributed by atoms with van der Waals surface area (Å²) in [4.78, 5) is 36.6. The summed E-state index contributed by atoms with van der Waals surface area (Å²) in [5.74, 6) is 0.708. The first-order chi connectivity index (χ1) is 18.0. The maximum atomic E-state index is 13.8. The van der Waals surface area contributed by atoms with Crippen molar-refractivity contribution in [1.82, 2.24) is 9.55 Å². The fraction of sp³-hybridized carbons (Fsp3) is 0.143. The van der Waals surface area contributed by atoms with Crippen LogP contribution >= 0.6 is 11.3 Å². The van der Waals surface area contributed by atoms with E-state index in [-0.39, 0.29) is 11.5 Å². The quantitative estimate of drug-likeness (QED) is 0.428. The minimum Gasteiger partial charge on any atom is -0.493 e. The number of amides is 1. The second-order valence-corrected chi connectivity index (χ2v) is 9.31. The second kappa shape index (κ2) is 10.2. The van der Waals surface area contributed by atoms with E-state index in [2.05, 4.69) is 15.3 Å². The van der Waals surface area contributed by atoms with Gasteiger partial charge in [-0.1, -0.05) is 35.6 Å². The summed E-state index contributed by atoms with van der Waals surface area (Å²) in [6.07, 6.45) is 5.15. The number of pyridine rings is 1. The van der Waals surface area contributed by atoms with E-state index in [0.29, 0.717) is 43.4 Å². The Hall–Kier alpha value is -4.50. The predicted molar refractivity (Wildman–Crippen MR) is 143 cm³/mol. The number of fused-ring (bicyclic) bond motifs is 1. The molecule has 0 spiro atoms. The van der Waals surface area contributed by atoms with Crippen LogP contribution in [0.1, 0.15) is 24.1 Å². The Labute approximate surface area is 216 Å². The van der Waals surface area contributed by atoms with Gasteiger partial charge in [-0.15, -0.1) is 0 Å². The van der Waals surface area contributed by atoms with Crippen molar-refractivity contribution < 1.29 is 14.3 Å². The summed E-state index contributed by atoms with van der Waals surface area (Å²) in [6, 6.07) is 17.5. The van der Waals surface area contributed by atoms with Crippen LogP contribution in [0.5, 0.6) is 11.5 Å². The number of carbonyl (C=O) groups excluding carboxylic acids is 1. The van der Waals surface area contributed by atoms with Gasteiger partial charge in [-0.05, 0) is 60.5 Å². The van der Waals surface area contributed by atoms with Gasteiger partial charge in [0.2, 0.25) is 0 Å². The molecule has 5 rings (SSSR count). The number of benzene rings is 2. The van der Waals surface area contributed by atoms with Crippen molar-refractivity contribution in [3.05, 3.63) is 115 Å². The molecule has 186 valence electrons. The van der Waals surface area contributed by atoms with Crippen LogP contribution in [-0.4, -0.2) is 29.7 Å². The van der Waals surface area contributed by atoms with Crippen LogP contribution in [0.2, 0.25) is 0 Å². The predicted octanol–water partition coefficient (Wildman–Crippen LogP) is 3.29. The largest absolute Gasteiger partial charge is 0.493 e. The first kappa shape index (κ1) is 24.2. The van der Waals surface area contributed by atoms with Crippen molar-refractivity contribution in [2.75, 3.05) is 19.5 Å². The Bertz CT molecular complexity index is 1670. The highest BCUT2D eigenvalue weighted by atomic mass is 32.1. The smallest absolute Gasteiger partial charge is 0.271 e. The standard InChI is InChI=1S/C28H24N4O4S/c1-17-24(26(33)31-20-7-5-4-6-8-20)25(19-9-10-21(35-2)22(16-19)36-3)32-27(34)23(37-28(32)30-17)15-18-11-13-29-14-12-18/h4-16,25H,1-3H3,(H,31,33)/b23-15-/t25-/m0/s1. The van der Waals surface area contributed by atoms with Gasteiger partial charge in [0, 0.05) is 18.1 Å². The number of thiazole rings is 1. The van der Waals surface area contributed by atoms with Gasteiger partial charge in [0.05, 0.1) is 36.1 Å². The van der Waals surface area contributed by atoms with Crippen molar-refractivity contribution in [1.29, 1.82) is 0 Å². The lowest BCUT2D eigenvalue weighted by molar-refractivity contribution is -0.113. The van der Waals surface area contributed by atoms with E-state index < -0.39 is 6.04 Å². The van der Waals surface area contributed by atoms with Gasteiger partial charge < -0.3 is 14.8 Å². The third-order valence-electron chi connectivity index (χ3n) is 6.03. The summed E-state index contributed by atoms with van der Waals surface area (Å²) in [6.45, 7) is 1.79. The van der Waals surface area contributed by atoms with Gasteiger partial charge in [0.1, 0.15) is 0 Å². The van der Waals surface area contributed by atoms with E-state index in [1.807, 2.05) is 48.5 Å². The molecule has 1 aliphatic rings. The SMILES string of the molecule is COc1ccc([C@H]2C(C(=O)Nc3ccccc3)=C(C)N=c3s/c(=C\c4ccncc4)c(=O)n32)cc1OC. The summed E-state index contributed by atoms with van der Waals surface area (Å²) >= 11 is 1.28. The van der Waals surface area contributed by atoms with Crippen LogP contribution in [0.15, 0.2) is 94.1 Å². The first-order valence-electron chi connectivity index (χ1n) is 11.5. The molecule has 8 nitrogen and oxygen atoms in total. The summed E-state index contributed by atoms with van der Waals surface area (Å²) < 4.78 is 13.0. The van der Waals surface area contributed by atoms with E-state index in [4.69, 9.17) is 9.47 Å². The molecule has 2 aromatic carbocycles. The maximum absolute atomic E-state index is 13.8. The molecule has 0 unspecified atom stereocenters. The molecule has 0 saturated carbocycles. The number of allylic oxidation sites excluding steroid dienone is 1. The molecular weight excluding hydrogens is 488 g/mol. The number of anilines is 1. The second-order valence-electron chi connectivity index (χ2n) is 8.30. The maximum Gasteiger partial charge on any atom is 0.271 e. The van der Waals surface area contributed by atoms with Crippen LogP contribution in [0.25, 0.3) is 6.08 Å². The molecular formula is C28H24N4O4S. The molecule has 1 N–H and O–H groups in total. The summed E-state index contributed by atoms with van der Waals surface area (Å²) in [5, 5.41) is 2.95. The van der Waals surface area contributed by atoms with Gasteiger partial charge in [0.15, 0.2) is 16.3 Å². The summed E-state index contributed by atoms with van der Waals surface area (Å²) in [5.41, 5.74) is 2.86. The van der Waals surface area contributed by atoms with E-state index in [9.17, 15) is 9.59 Å². The van der Waals surface area contributed by atoms with Crippen molar-refractivity contribution in [3.8, 4) is 11.5 Å². The molecule has 0 aliphatic carbocycles. The minimum atomic E-state index is -0.723. The number of hydrogen-bond acceptors (Lipinski definition) is 7. The van der Waals surface area contributed by atoms with Crippen molar-refractivity contribution >= 4 is 29.0 Å². The van der Waals surface area contributed by atoms with Gasteiger partial charge >= 0.3 is 0 Å². The molecule has 37 heavy (non-hydrogen) atoms. The highest BCUT2D eigenvalue weighted by Crippen LogP contribution is 2.36. The normalized spacial score (nSPS) is 15.1. The zero-order valence-corrected chi connectivity index (χ0v) is 21.3. The Balaban J connectivity index is 1.71. The van der Waals surface area contributed by atoms with Gasteiger partial charge in [0.25, 0.3) is 11.5 Å². The molecule has 1 aliphatic heterocycles. The lowest BCUT2D eigenvalue weighted by atomic mass is 9.94. The third-order valence-corrected chi connectivity index (χ3v) is 7.01. The van der Waals surface area contributed by atoms with E-state index in [1.54, 1.807) is 56.3 Å². The minimum absolute atomic E-state index is 0.238. The van der Waals surface area contributed by atoms with E-state index >= 15 is 0 Å². The molecule has 2 aromatic heterocycles. The van der Waals surface area contributed by atoms with Crippen molar-refractivity contribution in [3.63, 3.8) is 0 Å². The van der Waals surface area contributed by atoms with Crippen molar-refractivity contribution in [2.24, 2.45) is 4.99 Å². The Kier molecular flexibility index (Phi) is 6.70. The molecule has 0 radical (unpaired) electrons. The molecule has 9 heteroatoms. The Morgan fingerprint density at radius 1 is 1.03 bits per heavy atom. The van der Waals surface area contributed by atoms with Crippen LogP contribution in [-0.2, 0) is 4.79 Å². The van der Waals surface area contributed by atoms with Gasteiger partial charge in [-0.3, -0.25) is 19.1 Å². The third kappa shape index (κ3) is 4.68. The van der Waals surface area contributed by atoms with Gasteiger partial charge in [-0.2, -0.15) is 0 Å². The number of ether oxygens (including phenoxy) is 2. The highest BCUT2D eigenvalue weighted by molar-refractivity contribution is 7.07. The average Bonchev–Trinajstić information content (AvgIpc) is 3.22. The molecule has 0 saturated heterocycles. The number of aromatic nitrogens is 2. The van der Waals surface area contributed by atoms with Crippen LogP contribution in [0, 0.1) is 0 Å². The molecule has 1 amide bonds. The molecule has 0 fully saturated rings. The molecule has 0 bridgehead atoms. The Morgan fingerprint density at radius 2 is 1.76 bits per heavy atom. The monoisotopic (exact) mass is 512 g/mol. The topological polar surface area (TPSA) is 94.8 Å². The van der Waals surface area contributed by atoms with Gasteiger partial charge in [-0.25, -0.2) is 4.99 Å². The fourth-order valence-corrected chi connectivity index (χ4v) is 5.33. The number of para-hydroxylation sites is 1. The van der Waals surface area contributed by atoms with Crippen LogP contribution < -0.4 is 29.7 Å². The lowest BCUT2D eigenvalue weighted by Crippen LogP contribution is -2.40. The number of hydrogen-bond donors (Lipinski definition) is 1. The molecule has 4 aromatic rings. The number of nitrogens with zero attached hydrogens (tertiary/aromatic N) is 3. The first-order valence-corrected chi connectivity index (χ1v) is 12.3. The number of rotatable bonds is 6. The van der Waals surface area contributed by atoms with Crippen LogP contribution in [0.3, 0.4) is 0 Å². The highest BCUT2D eigenvalue weighted by Gasteiger charge is 2.33. The average molecular weight is 513 g/mol. The van der Waals surface area contributed by atoms with Crippen molar-refractivity contribution in [2.45, 2.75) is 13.0 Å². The van der Waals surface area contributed by atoms with Crippen LogP contribution in [0.4, 0.5) is 5.69 Å². The molecule has 1 atom stereocenters. The zero-order chi connectivity index (χ0) is 25.9. The van der Waals surface area contributed by atoms with E-state index in [1.165, 1.54) is 11.3 Å². The number of methoxy groups -OCH3 is 2. The molecule has 3 heterocycles. The lowest BCUT2D eigenvalue weighted by Gasteiger charge is -2.26. The fourth-order valence-electron chi connectivity index (χ4n) is 4.28.